The number of rotatable bonds is 9. The third-order valence-corrected chi connectivity index (χ3v) is 5.81. The maximum absolute atomic E-state index is 14.3. The fraction of sp³-hybridized carbons (Fsp3) is 0.200. The molecule has 186 valence electrons. The molecule has 15 heteroatoms. The van der Waals surface area contributed by atoms with Gasteiger partial charge in [-0.15, -0.1) is 0 Å². The highest BCUT2D eigenvalue weighted by Gasteiger charge is 2.35. The van der Waals surface area contributed by atoms with Crippen molar-refractivity contribution in [1.82, 2.24) is 15.0 Å². The van der Waals surface area contributed by atoms with Gasteiger partial charge in [-0.3, -0.25) is 9.10 Å². The Morgan fingerprint density at radius 1 is 1.17 bits per heavy atom. The Morgan fingerprint density at radius 3 is 2.54 bits per heavy atom. The molecule has 0 saturated carbocycles. The van der Waals surface area contributed by atoms with E-state index in [4.69, 9.17) is 0 Å². The number of sulfonamides is 1. The third kappa shape index (κ3) is 6.32. The number of hydrogen-bond donors (Lipinski definition) is 3. The molecule has 0 aliphatic heterocycles. The molecule has 35 heavy (non-hydrogen) atoms. The fourth-order valence-electron chi connectivity index (χ4n) is 2.87. The van der Waals surface area contributed by atoms with Crippen molar-refractivity contribution < 1.29 is 30.8 Å². The summed E-state index contributed by atoms with van der Waals surface area (Å²) in [6.45, 7) is -0.261. The molecule has 0 unspecified atom stereocenters. The highest BCUT2D eigenvalue weighted by molar-refractivity contribution is 7.92. The van der Waals surface area contributed by atoms with Crippen LogP contribution in [0.25, 0.3) is 0 Å². The Balaban J connectivity index is 1.91. The standard InChI is InChI=1S/C20H19F4N7O3S/c1-31(35(2,33)34)18-12(4-3-7-25-18)9-26-17-14(20(22,23)24)10-27-19(30-17)29-16-6-5-13(28-11-32)8-15(16)21/h3-8,10-11H,9H2,1-2H3,(H,28,32)(H2,26,27,29,30). The van der Waals surface area contributed by atoms with Crippen molar-refractivity contribution in [3.8, 4) is 0 Å². The van der Waals surface area contributed by atoms with E-state index < -0.39 is 33.4 Å². The Kier molecular flexibility index (Phi) is 7.38. The lowest BCUT2D eigenvalue weighted by molar-refractivity contribution is -0.137. The molecule has 3 N–H and O–H groups in total. The normalized spacial score (nSPS) is 11.6. The molecule has 1 amide bonds. The maximum Gasteiger partial charge on any atom is 0.421 e. The molecule has 0 atom stereocenters. The number of carbonyl (C=O) groups is 1. The smallest absolute Gasteiger partial charge is 0.365 e. The second-order valence-electron chi connectivity index (χ2n) is 7.11. The van der Waals surface area contributed by atoms with Crippen LogP contribution in [0.4, 0.5) is 46.5 Å². The summed E-state index contributed by atoms with van der Waals surface area (Å²) in [5.41, 5.74) is -0.872. The van der Waals surface area contributed by atoms with E-state index in [1.807, 2.05) is 0 Å². The quantitative estimate of drug-likeness (QED) is 0.294. The van der Waals surface area contributed by atoms with Crippen LogP contribution in [0.2, 0.25) is 0 Å². The number of hydrogen-bond acceptors (Lipinski definition) is 8. The first-order valence-electron chi connectivity index (χ1n) is 9.73. The number of aromatic nitrogens is 3. The largest absolute Gasteiger partial charge is 0.421 e. The van der Waals surface area contributed by atoms with E-state index >= 15 is 0 Å². The van der Waals surface area contributed by atoms with Gasteiger partial charge in [0.25, 0.3) is 0 Å². The van der Waals surface area contributed by atoms with E-state index in [2.05, 4.69) is 30.9 Å². The van der Waals surface area contributed by atoms with Gasteiger partial charge in [-0.05, 0) is 24.3 Å². The van der Waals surface area contributed by atoms with Crippen molar-refractivity contribution in [2.45, 2.75) is 12.7 Å². The number of halogens is 4. The predicted molar refractivity (Wildman–Crippen MR) is 121 cm³/mol. The van der Waals surface area contributed by atoms with Crippen LogP contribution in [0.15, 0.2) is 42.7 Å². The number of pyridine rings is 1. The first kappa shape index (κ1) is 25.6. The molecule has 0 saturated heterocycles. The van der Waals surface area contributed by atoms with Gasteiger partial charge in [-0.1, -0.05) is 6.07 Å². The topological polar surface area (TPSA) is 129 Å². The van der Waals surface area contributed by atoms with Crippen LogP contribution in [0.1, 0.15) is 11.1 Å². The zero-order valence-electron chi connectivity index (χ0n) is 18.3. The SMILES string of the molecule is CN(c1ncccc1CNc1nc(Nc2ccc(NC=O)cc2F)ncc1C(F)(F)F)S(C)(=O)=O. The van der Waals surface area contributed by atoms with E-state index in [1.165, 1.54) is 37.5 Å². The molecule has 2 aromatic heterocycles. The Bertz CT molecular complexity index is 1340. The predicted octanol–water partition coefficient (Wildman–Crippen LogP) is 3.35. The average molecular weight is 513 g/mol. The van der Waals surface area contributed by atoms with Crippen molar-refractivity contribution in [2.75, 3.05) is 33.6 Å². The molecule has 2 heterocycles. The van der Waals surface area contributed by atoms with Gasteiger partial charge < -0.3 is 16.0 Å². The molecular formula is C20H19F4N7O3S. The van der Waals surface area contributed by atoms with Crippen LogP contribution in [-0.4, -0.2) is 43.1 Å². The Morgan fingerprint density at radius 2 is 1.91 bits per heavy atom. The minimum atomic E-state index is -4.81. The lowest BCUT2D eigenvalue weighted by atomic mass is 10.2. The van der Waals surface area contributed by atoms with Gasteiger partial charge in [-0.2, -0.15) is 18.2 Å². The lowest BCUT2D eigenvalue weighted by Gasteiger charge is -2.20. The molecule has 0 radical (unpaired) electrons. The van der Waals surface area contributed by atoms with E-state index in [0.29, 0.717) is 12.6 Å². The zero-order valence-corrected chi connectivity index (χ0v) is 19.1. The van der Waals surface area contributed by atoms with E-state index in [-0.39, 0.29) is 35.2 Å². The van der Waals surface area contributed by atoms with Crippen LogP contribution < -0.4 is 20.3 Å². The van der Waals surface area contributed by atoms with Gasteiger partial charge >= 0.3 is 6.18 Å². The highest BCUT2D eigenvalue weighted by Crippen LogP contribution is 2.35. The summed E-state index contributed by atoms with van der Waals surface area (Å²) in [6.07, 6.45) is -1.61. The average Bonchev–Trinajstić information content (AvgIpc) is 2.78. The lowest BCUT2D eigenvalue weighted by Crippen LogP contribution is -2.27. The third-order valence-electron chi connectivity index (χ3n) is 4.64. The second kappa shape index (κ2) is 10.1. The maximum atomic E-state index is 14.3. The van der Waals surface area contributed by atoms with E-state index in [1.54, 1.807) is 0 Å². The molecule has 0 spiro atoms. The summed E-state index contributed by atoms with van der Waals surface area (Å²) < 4.78 is 79.6. The first-order chi connectivity index (χ1) is 16.4. The van der Waals surface area contributed by atoms with Crippen molar-refractivity contribution in [1.29, 1.82) is 0 Å². The molecule has 10 nitrogen and oxygen atoms in total. The van der Waals surface area contributed by atoms with Crippen LogP contribution in [0, 0.1) is 5.82 Å². The number of nitrogens with zero attached hydrogens (tertiary/aromatic N) is 4. The molecule has 1 aromatic carbocycles. The van der Waals surface area contributed by atoms with Crippen molar-refractivity contribution in [2.24, 2.45) is 0 Å². The number of alkyl halides is 3. The summed E-state index contributed by atoms with van der Waals surface area (Å²) in [4.78, 5) is 21.9. The number of anilines is 5. The van der Waals surface area contributed by atoms with Crippen LogP contribution >= 0.6 is 0 Å². The molecular weight excluding hydrogens is 494 g/mol. The molecule has 3 rings (SSSR count). The van der Waals surface area contributed by atoms with Crippen LogP contribution in [-0.2, 0) is 27.5 Å². The number of benzene rings is 1. The highest BCUT2D eigenvalue weighted by atomic mass is 32.2. The zero-order chi connectivity index (χ0) is 25.8. The van der Waals surface area contributed by atoms with Crippen molar-refractivity contribution in [3.63, 3.8) is 0 Å². The molecule has 0 aliphatic carbocycles. The van der Waals surface area contributed by atoms with Gasteiger partial charge in [-0.25, -0.2) is 22.8 Å². The van der Waals surface area contributed by atoms with Gasteiger partial charge in [0.15, 0.2) is 0 Å². The molecule has 0 fully saturated rings. The summed E-state index contributed by atoms with van der Waals surface area (Å²) in [7, 11) is -2.41. The minimum Gasteiger partial charge on any atom is -0.365 e. The number of carbonyl (C=O) groups excluding carboxylic acids is 1. The number of amides is 1. The Hall–Kier alpha value is -4.01. The number of nitrogens with one attached hydrogen (secondary N) is 3. The Labute approximate surface area is 197 Å². The van der Waals surface area contributed by atoms with Crippen LogP contribution in [0.3, 0.4) is 0 Å². The van der Waals surface area contributed by atoms with Gasteiger partial charge in [0.1, 0.15) is 23.0 Å². The van der Waals surface area contributed by atoms with Gasteiger partial charge in [0, 0.05) is 37.2 Å². The van der Waals surface area contributed by atoms with E-state index in [0.717, 1.165) is 16.6 Å². The first-order valence-corrected chi connectivity index (χ1v) is 11.6. The summed E-state index contributed by atoms with van der Waals surface area (Å²) in [5, 5.41) is 7.29. The van der Waals surface area contributed by atoms with Gasteiger partial charge in [0.2, 0.25) is 22.4 Å². The summed E-state index contributed by atoms with van der Waals surface area (Å²) >= 11 is 0. The van der Waals surface area contributed by atoms with E-state index in [9.17, 15) is 30.8 Å². The second-order valence-corrected chi connectivity index (χ2v) is 9.12. The summed E-state index contributed by atoms with van der Waals surface area (Å²) in [6, 6.07) is 6.61. The molecule has 0 bridgehead atoms. The molecule has 0 aliphatic rings. The van der Waals surface area contributed by atoms with Crippen molar-refractivity contribution >= 4 is 45.4 Å². The minimum absolute atomic E-state index is 0.0227. The van der Waals surface area contributed by atoms with Gasteiger partial charge in [0.05, 0.1) is 11.9 Å². The molecule has 3 aromatic rings. The summed E-state index contributed by atoms with van der Waals surface area (Å²) in [5.74, 6) is -1.74. The fourth-order valence-corrected chi connectivity index (χ4v) is 3.35. The monoisotopic (exact) mass is 513 g/mol. The van der Waals surface area contributed by atoms with Crippen LogP contribution in [0.5, 0.6) is 0 Å². The van der Waals surface area contributed by atoms with Crippen molar-refractivity contribution in [3.05, 3.63) is 59.7 Å².